The molecule has 2 N–H and O–H groups in total. The number of alkyl halides is 1. The highest BCUT2D eigenvalue weighted by Crippen LogP contribution is 2.24. The van der Waals surface area contributed by atoms with Gasteiger partial charge < -0.3 is 15.5 Å². The Bertz CT molecular complexity index is 427. The molecule has 1 rings (SSSR count). The molecular formula is C13H18ClFN2O2. The number of rotatable bonds is 3. The van der Waals surface area contributed by atoms with Crippen LogP contribution < -0.4 is 5.32 Å². The first-order valence-corrected chi connectivity index (χ1v) is 6.44. The third-order valence-corrected chi connectivity index (χ3v) is 2.75. The van der Waals surface area contributed by atoms with Gasteiger partial charge in [0.25, 0.3) is 0 Å². The Labute approximate surface area is 117 Å². The summed E-state index contributed by atoms with van der Waals surface area (Å²) in [5.41, 5.74) is -0.296. The molecule has 6 heteroatoms. The summed E-state index contributed by atoms with van der Waals surface area (Å²) in [4.78, 5) is 11.6. The maximum Gasteiger partial charge on any atom is 0.408 e. The maximum atomic E-state index is 13.6. The molecule has 1 aliphatic carbocycles. The zero-order valence-corrected chi connectivity index (χ0v) is 11.9. The fourth-order valence-electron chi connectivity index (χ4n) is 1.63. The molecule has 2 atom stereocenters. The number of nitrogens with one attached hydrogen (secondary N) is 2. The van der Waals surface area contributed by atoms with E-state index in [1.807, 2.05) is 0 Å². The number of amides is 1. The van der Waals surface area contributed by atoms with Gasteiger partial charge in [-0.05, 0) is 32.4 Å². The molecule has 4 nitrogen and oxygen atoms in total. The van der Waals surface area contributed by atoms with Crippen molar-refractivity contribution in [1.82, 2.24) is 5.32 Å². The fourth-order valence-corrected chi connectivity index (χ4v) is 1.85. The first kappa shape index (κ1) is 15.7. The van der Waals surface area contributed by atoms with Gasteiger partial charge in [0.2, 0.25) is 0 Å². The largest absolute Gasteiger partial charge is 0.444 e. The molecular weight excluding hydrogens is 271 g/mol. The Morgan fingerprint density at radius 3 is 2.68 bits per heavy atom. The van der Waals surface area contributed by atoms with E-state index in [0.717, 1.165) is 6.21 Å². The predicted octanol–water partition coefficient (Wildman–Crippen LogP) is 3.18. The summed E-state index contributed by atoms with van der Waals surface area (Å²) in [5, 5.41) is 9.86. The highest BCUT2D eigenvalue weighted by molar-refractivity contribution is 6.19. The summed E-state index contributed by atoms with van der Waals surface area (Å²) in [6.45, 7) is 5.22. The molecule has 0 aromatic carbocycles. The fraction of sp³-hybridized carbons (Fsp3) is 0.538. The summed E-state index contributed by atoms with van der Waals surface area (Å²) in [5.74, 6) is -0.874. The molecule has 0 saturated heterocycles. The average Bonchev–Trinajstić information content (AvgIpc) is 2.26. The van der Waals surface area contributed by atoms with Gasteiger partial charge >= 0.3 is 6.09 Å². The van der Waals surface area contributed by atoms with Crippen LogP contribution in [0, 0.1) is 11.3 Å². The number of hydrogen-bond acceptors (Lipinski definition) is 3. The third kappa shape index (κ3) is 4.67. The van der Waals surface area contributed by atoms with E-state index in [2.05, 4.69) is 5.32 Å². The van der Waals surface area contributed by atoms with Crippen LogP contribution >= 0.6 is 11.6 Å². The highest BCUT2D eigenvalue weighted by Gasteiger charge is 2.26. The summed E-state index contributed by atoms with van der Waals surface area (Å²) >= 11 is 5.60. The first-order chi connectivity index (χ1) is 8.76. The molecule has 0 fully saturated rings. The summed E-state index contributed by atoms with van der Waals surface area (Å²) in [6, 6.07) is -0.640. The lowest BCUT2D eigenvalue weighted by Crippen LogP contribution is -2.43. The zero-order valence-electron chi connectivity index (χ0n) is 11.2. The normalized spacial score (nSPS) is 23.2. The first-order valence-electron chi connectivity index (χ1n) is 5.91. The average molecular weight is 289 g/mol. The molecule has 0 spiro atoms. The molecule has 0 saturated carbocycles. The number of halogens is 2. The molecule has 106 valence electrons. The number of carbonyl (C=O) groups excluding carboxylic acids is 1. The van der Waals surface area contributed by atoms with Crippen LogP contribution in [0.4, 0.5) is 9.18 Å². The topological polar surface area (TPSA) is 62.2 Å². The smallest absolute Gasteiger partial charge is 0.408 e. The van der Waals surface area contributed by atoms with Crippen LogP contribution in [0.2, 0.25) is 0 Å². The highest BCUT2D eigenvalue weighted by atomic mass is 35.5. The van der Waals surface area contributed by atoms with Crippen molar-refractivity contribution in [1.29, 1.82) is 5.41 Å². The van der Waals surface area contributed by atoms with E-state index in [-0.39, 0.29) is 5.88 Å². The monoisotopic (exact) mass is 288 g/mol. The lowest BCUT2D eigenvalue weighted by atomic mass is 9.92. The van der Waals surface area contributed by atoms with Crippen molar-refractivity contribution in [3.63, 3.8) is 0 Å². The summed E-state index contributed by atoms with van der Waals surface area (Å²) in [6.07, 6.45) is 3.28. The van der Waals surface area contributed by atoms with Gasteiger partial charge in [0.15, 0.2) is 0 Å². The molecule has 0 aliphatic heterocycles. The Hall–Kier alpha value is -1.36. The second kappa shape index (κ2) is 6.19. The van der Waals surface area contributed by atoms with Gasteiger partial charge in [-0.1, -0.05) is 6.08 Å². The quantitative estimate of drug-likeness (QED) is 0.619. The van der Waals surface area contributed by atoms with Gasteiger partial charge in [0.05, 0.1) is 6.04 Å². The minimum atomic E-state index is -0.642. The maximum absolute atomic E-state index is 13.6. The Balaban J connectivity index is 2.76. The molecule has 2 unspecified atom stereocenters. The van der Waals surface area contributed by atoms with E-state index in [1.54, 1.807) is 20.8 Å². The Morgan fingerprint density at radius 1 is 1.58 bits per heavy atom. The van der Waals surface area contributed by atoms with Crippen LogP contribution in [-0.4, -0.2) is 29.8 Å². The second-order valence-electron chi connectivity index (χ2n) is 5.26. The van der Waals surface area contributed by atoms with Crippen molar-refractivity contribution in [3.8, 4) is 0 Å². The van der Waals surface area contributed by atoms with Gasteiger partial charge in [-0.25, -0.2) is 9.18 Å². The van der Waals surface area contributed by atoms with E-state index in [0.29, 0.717) is 5.57 Å². The molecule has 0 radical (unpaired) electrons. The van der Waals surface area contributed by atoms with E-state index in [4.69, 9.17) is 21.7 Å². The number of alkyl carbamates (subject to hydrolysis) is 1. The number of allylic oxidation sites excluding steroid dienone is 2. The van der Waals surface area contributed by atoms with Gasteiger partial charge in [0.1, 0.15) is 11.4 Å². The SMILES string of the molecule is CC(C)(C)OC(=O)NC1C=C(F)C(CCl)=CC1C=N. The summed E-state index contributed by atoms with van der Waals surface area (Å²) < 4.78 is 18.7. The number of ether oxygens (including phenoxy) is 1. The van der Waals surface area contributed by atoms with Crippen LogP contribution in [0.25, 0.3) is 0 Å². The van der Waals surface area contributed by atoms with Gasteiger partial charge in [0, 0.05) is 18.0 Å². The minimum Gasteiger partial charge on any atom is -0.444 e. The molecule has 0 aromatic heterocycles. The third-order valence-electron chi connectivity index (χ3n) is 2.46. The molecule has 19 heavy (non-hydrogen) atoms. The van der Waals surface area contributed by atoms with E-state index >= 15 is 0 Å². The van der Waals surface area contributed by atoms with Crippen LogP contribution in [0.5, 0.6) is 0 Å². The van der Waals surface area contributed by atoms with Crippen molar-refractivity contribution in [2.75, 3.05) is 5.88 Å². The van der Waals surface area contributed by atoms with Crippen molar-refractivity contribution >= 4 is 23.9 Å². The molecule has 1 aliphatic rings. The lowest BCUT2D eigenvalue weighted by molar-refractivity contribution is 0.0510. The van der Waals surface area contributed by atoms with Crippen molar-refractivity contribution in [2.24, 2.45) is 5.92 Å². The standard InChI is InChI=1S/C13H18ClFN2O2/c1-13(2,3)19-12(18)17-11-5-10(15)8(6-14)4-9(11)7-16/h4-5,7,9,11,16H,6H2,1-3H3,(H,17,18). The minimum absolute atomic E-state index is 0.0336. The number of carbonyl (C=O) groups is 1. The van der Waals surface area contributed by atoms with Gasteiger partial charge in [-0.3, -0.25) is 0 Å². The molecule has 0 bridgehead atoms. The molecule has 0 heterocycles. The van der Waals surface area contributed by atoms with Crippen molar-refractivity contribution in [3.05, 3.63) is 23.6 Å². The molecule has 0 aromatic rings. The lowest BCUT2D eigenvalue weighted by Gasteiger charge is -2.26. The van der Waals surface area contributed by atoms with E-state index < -0.39 is 29.5 Å². The predicted molar refractivity (Wildman–Crippen MR) is 73.4 cm³/mol. The van der Waals surface area contributed by atoms with Crippen molar-refractivity contribution < 1.29 is 13.9 Å². The van der Waals surface area contributed by atoms with Crippen LogP contribution in [-0.2, 0) is 4.74 Å². The Morgan fingerprint density at radius 2 is 2.21 bits per heavy atom. The number of hydrogen-bond donors (Lipinski definition) is 2. The summed E-state index contributed by atoms with van der Waals surface area (Å²) in [7, 11) is 0. The second-order valence-corrected chi connectivity index (χ2v) is 5.52. The Kier molecular flexibility index (Phi) is 5.11. The van der Waals surface area contributed by atoms with Gasteiger partial charge in [-0.15, -0.1) is 11.6 Å². The molecule has 1 amide bonds. The van der Waals surface area contributed by atoms with E-state index in [9.17, 15) is 9.18 Å². The zero-order chi connectivity index (χ0) is 14.6. The van der Waals surface area contributed by atoms with Crippen molar-refractivity contribution in [2.45, 2.75) is 32.4 Å². The van der Waals surface area contributed by atoms with Crippen LogP contribution in [0.15, 0.2) is 23.6 Å². The van der Waals surface area contributed by atoms with E-state index in [1.165, 1.54) is 12.2 Å². The van der Waals surface area contributed by atoms with Gasteiger partial charge in [-0.2, -0.15) is 0 Å². The van der Waals surface area contributed by atoms with Crippen LogP contribution in [0.1, 0.15) is 20.8 Å². The van der Waals surface area contributed by atoms with Crippen LogP contribution in [0.3, 0.4) is 0 Å².